The van der Waals surface area contributed by atoms with Crippen molar-refractivity contribution in [2.24, 2.45) is 0 Å². The number of hydrogen-bond acceptors (Lipinski definition) is 7. The van der Waals surface area contributed by atoms with E-state index >= 15 is 0 Å². The van der Waals surface area contributed by atoms with Crippen LogP contribution >= 0.6 is 11.3 Å². The summed E-state index contributed by atoms with van der Waals surface area (Å²) in [6.45, 7) is 4.58. The highest BCUT2D eigenvalue weighted by Crippen LogP contribution is 2.25. The lowest BCUT2D eigenvalue weighted by Gasteiger charge is -2.32. The Morgan fingerprint density at radius 2 is 1.75 bits per heavy atom. The van der Waals surface area contributed by atoms with Crippen molar-refractivity contribution in [1.29, 1.82) is 0 Å². The molecule has 0 amide bonds. The third-order valence-corrected chi connectivity index (χ3v) is 7.64. The molecule has 5 aromatic rings. The molecule has 6 rings (SSSR count). The fraction of sp³-hybridized carbons (Fsp3) is 0.296. The first-order valence-electron chi connectivity index (χ1n) is 12.4. The largest absolute Gasteiger partial charge is 0.360 e. The SMILES string of the molecule is Fc1ccc(Cn2c(NC3CCN(CCNc4nc5cccnc5s4)CC3)nc3ccccc32)cc1. The number of rotatable bonds is 8. The van der Waals surface area contributed by atoms with Crippen molar-refractivity contribution in [3.8, 4) is 0 Å². The normalized spacial score (nSPS) is 15.0. The second-order valence-electron chi connectivity index (χ2n) is 9.17. The predicted molar refractivity (Wildman–Crippen MR) is 144 cm³/mol. The fourth-order valence-corrected chi connectivity index (χ4v) is 5.60. The molecule has 0 spiro atoms. The second-order valence-corrected chi connectivity index (χ2v) is 10.1. The Morgan fingerprint density at radius 1 is 0.944 bits per heavy atom. The summed E-state index contributed by atoms with van der Waals surface area (Å²) in [4.78, 5) is 17.3. The molecule has 0 aliphatic carbocycles. The fourth-order valence-electron chi connectivity index (χ4n) is 4.77. The summed E-state index contributed by atoms with van der Waals surface area (Å²) >= 11 is 1.60. The van der Waals surface area contributed by atoms with E-state index in [4.69, 9.17) is 4.98 Å². The van der Waals surface area contributed by atoms with Crippen LogP contribution in [0.25, 0.3) is 21.4 Å². The number of imidazole rings is 1. The first-order valence-corrected chi connectivity index (χ1v) is 13.2. The number of benzene rings is 2. The van der Waals surface area contributed by atoms with Gasteiger partial charge in [0.15, 0.2) is 5.13 Å². The molecular weight excluding hydrogens is 473 g/mol. The number of anilines is 2. The molecule has 7 nitrogen and oxygen atoms in total. The van der Waals surface area contributed by atoms with Gasteiger partial charge < -0.3 is 20.1 Å². The van der Waals surface area contributed by atoms with Gasteiger partial charge in [-0.15, -0.1) is 0 Å². The number of pyridine rings is 1. The van der Waals surface area contributed by atoms with E-state index < -0.39 is 0 Å². The minimum absolute atomic E-state index is 0.216. The number of thiazole rings is 1. The Bertz CT molecular complexity index is 1420. The summed E-state index contributed by atoms with van der Waals surface area (Å²) in [5.74, 6) is 0.664. The van der Waals surface area contributed by atoms with Crippen LogP contribution in [0, 0.1) is 5.82 Å². The summed E-state index contributed by atoms with van der Waals surface area (Å²) in [5.41, 5.74) is 4.05. The quantitative estimate of drug-likeness (QED) is 0.304. The van der Waals surface area contributed by atoms with Crippen LogP contribution in [0.3, 0.4) is 0 Å². The third kappa shape index (κ3) is 5.03. The zero-order chi connectivity index (χ0) is 24.3. The van der Waals surface area contributed by atoms with Crippen molar-refractivity contribution in [3.05, 3.63) is 78.2 Å². The van der Waals surface area contributed by atoms with E-state index in [9.17, 15) is 4.39 Å². The summed E-state index contributed by atoms with van der Waals surface area (Å²) in [5, 5.41) is 8.09. The Kier molecular flexibility index (Phi) is 6.48. The van der Waals surface area contributed by atoms with Crippen molar-refractivity contribution < 1.29 is 4.39 Å². The highest BCUT2D eigenvalue weighted by molar-refractivity contribution is 7.21. The van der Waals surface area contributed by atoms with Gasteiger partial charge in [0, 0.05) is 38.4 Å². The Balaban J connectivity index is 1.05. The molecule has 0 unspecified atom stereocenters. The highest BCUT2D eigenvalue weighted by atomic mass is 32.1. The maximum atomic E-state index is 13.4. The number of aromatic nitrogens is 4. The van der Waals surface area contributed by atoms with E-state index in [-0.39, 0.29) is 5.82 Å². The van der Waals surface area contributed by atoms with E-state index in [1.807, 2.05) is 42.5 Å². The van der Waals surface area contributed by atoms with Crippen LogP contribution < -0.4 is 10.6 Å². The molecule has 9 heteroatoms. The molecule has 0 bridgehead atoms. The lowest BCUT2D eigenvalue weighted by atomic mass is 10.1. The molecular formula is C27H28FN7S. The number of halogens is 1. The molecule has 184 valence electrons. The van der Waals surface area contributed by atoms with Gasteiger partial charge in [0.05, 0.1) is 17.6 Å². The summed E-state index contributed by atoms with van der Waals surface area (Å²) in [6.07, 6.45) is 3.93. The molecule has 2 N–H and O–H groups in total. The van der Waals surface area contributed by atoms with E-state index in [2.05, 4.69) is 36.1 Å². The third-order valence-electron chi connectivity index (χ3n) is 6.70. The molecule has 3 aromatic heterocycles. The lowest BCUT2D eigenvalue weighted by molar-refractivity contribution is 0.226. The highest BCUT2D eigenvalue weighted by Gasteiger charge is 2.21. The molecule has 0 radical (unpaired) electrons. The van der Waals surface area contributed by atoms with Crippen LogP contribution in [0.5, 0.6) is 0 Å². The number of fused-ring (bicyclic) bond motifs is 2. The lowest BCUT2D eigenvalue weighted by Crippen LogP contribution is -2.41. The average Bonchev–Trinajstić information content (AvgIpc) is 3.47. The van der Waals surface area contributed by atoms with Crippen LogP contribution in [-0.2, 0) is 6.54 Å². The first kappa shape index (κ1) is 22.9. The molecule has 1 saturated heterocycles. The maximum absolute atomic E-state index is 13.4. The van der Waals surface area contributed by atoms with Crippen molar-refractivity contribution in [2.75, 3.05) is 36.8 Å². The standard InChI is InChI=1S/C27H28FN7S/c28-20-9-7-19(8-10-20)18-35-24-6-2-1-4-22(24)32-26(35)31-21-11-15-34(16-12-21)17-14-30-27-33-23-5-3-13-29-25(23)36-27/h1-10,13,21H,11-12,14-18H2,(H,30,33)(H,31,32). The summed E-state index contributed by atoms with van der Waals surface area (Å²) < 4.78 is 15.6. The molecule has 1 aliphatic rings. The Morgan fingerprint density at radius 3 is 2.58 bits per heavy atom. The van der Waals surface area contributed by atoms with Crippen molar-refractivity contribution >= 4 is 43.8 Å². The molecule has 1 fully saturated rings. The number of piperidine rings is 1. The zero-order valence-corrected chi connectivity index (χ0v) is 20.7. The first-order chi connectivity index (χ1) is 17.7. The van der Waals surface area contributed by atoms with Crippen LogP contribution in [0.2, 0.25) is 0 Å². The van der Waals surface area contributed by atoms with Crippen molar-refractivity contribution in [3.63, 3.8) is 0 Å². The van der Waals surface area contributed by atoms with Gasteiger partial charge in [-0.25, -0.2) is 19.3 Å². The van der Waals surface area contributed by atoms with Crippen LogP contribution in [0.4, 0.5) is 15.5 Å². The Hall–Kier alpha value is -3.56. The summed E-state index contributed by atoms with van der Waals surface area (Å²) in [6, 6.07) is 19.2. The molecule has 4 heterocycles. The topological polar surface area (TPSA) is 70.9 Å². The van der Waals surface area contributed by atoms with Crippen molar-refractivity contribution in [2.45, 2.75) is 25.4 Å². The minimum atomic E-state index is -0.216. The van der Waals surface area contributed by atoms with E-state index in [0.717, 1.165) is 77.0 Å². The molecule has 2 aromatic carbocycles. The van der Waals surface area contributed by atoms with E-state index in [0.29, 0.717) is 12.6 Å². The molecule has 0 atom stereocenters. The predicted octanol–water partition coefficient (Wildman–Crippen LogP) is 5.22. The smallest absolute Gasteiger partial charge is 0.204 e. The van der Waals surface area contributed by atoms with Gasteiger partial charge in [0.25, 0.3) is 0 Å². The molecule has 36 heavy (non-hydrogen) atoms. The number of para-hydroxylation sites is 2. The van der Waals surface area contributed by atoms with Gasteiger partial charge in [0.2, 0.25) is 5.95 Å². The second kappa shape index (κ2) is 10.2. The molecule has 1 aliphatic heterocycles. The van der Waals surface area contributed by atoms with Gasteiger partial charge in [-0.05, 0) is 54.8 Å². The van der Waals surface area contributed by atoms with Crippen LogP contribution in [-0.4, -0.2) is 56.6 Å². The van der Waals surface area contributed by atoms with Crippen molar-refractivity contribution in [1.82, 2.24) is 24.4 Å². The monoisotopic (exact) mass is 501 g/mol. The van der Waals surface area contributed by atoms with Gasteiger partial charge in [-0.3, -0.25) is 0 Å². The Labute approximate surface area is 213 Å². The van der Waals surface area contributed by atoms with Gasteiger partial charge in [0.1, 0.15) is 16.2 Å². The zero-order valence-electron chi connectivity index (χ0n) is 19.9. The minimum Gasteiger partial charge on any atom is -0.360 e. The number of nitrogens with one attached hydrogen (secondary N) is 2. The van der Waals surface area contributed by atoms with Crippen LogP contribution in [0.15, 0.2) is 66.9 Å². The number of hydrogen-bond donors (Lipinski definition) is 2. The van der Waals surface area contributed by atoms with Gasteiger partial charge in [-0.2, -0.15) is 0 Å². The molecule has 0 saturated carbocycles. The summed E-state index contributed by atoms with van der Waals surface area (Å²) in [7, 11) is 0. The van der Waals surface area contributed by atoms with E-state index in [1.165, 1.54) is 12.1 Å². The van der Waals surface area contributed by atoms with Gasteiger partial charge >= 0.3 is 0 Å². The van der Waals surface area contributed by atoms with Crippen LogP contribution in [0.1, 0.15) is 18.4 Å². The van der Waals surface area contributed by atoms with E-state index in [1.54, 1.807) is 17.5 Å². The number of likely N-dealkylation sites (tertiary alicyclic amines) is 1. The maximum Gasteiger partial charge on any atom is 0.204 e. The van der Waals surface area contributed by atoms with Gasteiger partial charge in [-0.1, -0.05) is 35.6 Å². The average molecular weight is 502 g/mol. The number of nitrogens with zero attached hydrogens (tertiary/aromatic N) is 5.